The molecule has 0 radical (unpaired) electrons. The summed E-state index contributed by atoms with van der Waals surface area (Å²) in [4.78, 5) is 44.7. The molecular weight excluding hydrogens is 290 g/mol. The zero-order valence-electron chi connectivity index (χ0n) is 11.7. The van der Waals surface area contributed by atoms with Crippen LogP contribution >= 0.6 is 0 Å². The summed E-state index contributed by atoms with van der Waals surface area (Å²) in [5.41, 5.74) is 1.75. The highest BCUT2D eigenvalue weighted by atomic mass is 16.8. The van der Waals surface area contributed by atoms with Gasteiger partial charge in [-0.05, 0) is 31.0 Å². The number of rotatable bonds is 3. The minimum atomic E-state index is -0.623. The number of fused-ring (bicyclic) bond motifs is 1. The van der Waals surface area contributed by atoms with Crippen LogP contribution in [0.25, 0.3) is 10.9 Å². The molecule has 1 aromatic heterocycles. The minimum Gasteiger partial charge on any atom is -0.350 e. The van der Waals surface area contributed by atoms with E-state index in [0.29, 0.717) is 12.0 Å². The number of carbonyl (C=O) groups excluding carboxylic acids is 1. The Hall–Kier alpha value is -2.45. The molecule has 116 valence electrons. The standard InChI is InChI=1S/C14H15N3O5/c18-12(17-22-11-3-1-2-6-21-11)8-4-5-9-10(7-8)15-14(20)16-13(9)19/h4-5,7,11H,1-3,6H2,(H,17,18)(H2,15,16,19,20). The van der Waals surface area contributed by atoms with Crippen molar-refractivity contribution in [2.45, 2.75) is 25.6 Å². The van der Waals surface area contributed by atoms with Crippen LogP contribution in [-0.2, 0) is 9.57 Å². The monoisotopic (exact) mass is 305 g/mol. The average molecular weight is 305 g/mol. The summed E-state index contributed by atoms with van der Waals surface area (Å²) in [5.74, 6) is -0.475. The minimum absolute atomic E-state index is 0.268. The molecule has 2 aromatic rings. The van der Waals surface area contributed by atoms with Crippen molar-refractivity contribution in [3.8, 4) is 0 Å². The van der Waals surface area contributed by atoms with E-state index in [-0.39, 0.29) is 11.1 Å². The summed E-state index contributed by atoms with van der Waals surface area (Å²) in [7, 11) is 0. The quantitative estimate of drug-likeness (QED) is 0.711. The molecule has 8 nitrogen and oxygen atoms in total. The van der Waals surface area contributed by atoms with Crippen molar-refractivity contribution in [3.05, 3.63) is 44.6 Å². The number of H-pyrrole nitrogens is 2. The number of hydroxylamine groups is 1. The SMILES string of the molecule is O=C(NOC1CCCCO1)c1ccc2c(=O)[nH]c(=O)[nH]c2c1. The fourth-order valence-corrected chi connectivity index (χ4v) is 2.29. The fraction of sp³-hybridized carbons (Fsp3) is 0.357. The van der Waals surface area contributed by atoms with Crippen molar-refractivity contribution in [1.82, 2.24) is 15.4 Å². The van der Waals surface area contributed by atoms with Crippen molar-refractivity contribution in [1.29, 1.82) is 0 Å². The second-order valence-corrected chi connectivity index (χ2v) is 5.01. The molecule has 0 saturated carbocycles. The van der Waals surface area contributed by atoms with Crippen LogP contribution < -0.4 is 16.7 Å². The normalized spacial score (nSPS) is 18.3. The van der Waals surface area contributed by atoms with Crippen LogP contribution in [0.15, 0.2) is 27.8 Å². The molecule has 1 atom stereocenters. The lowest BCUT2D eigenvalue weighted by Crippen LogP contribution is -2.33. The summed E-state index contributed by atoms with van der Waals surface area (Å²) in [6.07, 6.45) is 2.25. The topological polar surface area (TPSA) is 113 Å². The van der Waals surface area contributed by atoms with Gasteiger partial charge in [0.05, 0.1) is 10.9 Å². The van der Waals surface area contributed by atoms with Crippen molar-refractivity contribution < 1.29 is 14.4 Å². The Balaban J connectivity index is 1.76. The first kappa shape index (κ1) is 14.5. The Morgan fingerprint density at radius 1 is 1.27 bits per heavy atom. The molecule has 1 unspecified atom stereocenters. The maximum absolute atomic E-state index is 12.0. The van der Waals surface area contributed by atoms with E-state index in [4.69, 9.17) is 9.57 Å². The first-order valence-corrected chi connectivity index (χ1v) is 6.97. The Kier molecular flexibility index (Phi) is 4.03. The van der Waals surface area contributed by atoms with Crippen molar-refractivity contribution in [3.63, 3.8) is 0 Å². The van der Waals surface area contributed by atoms with Crippen molar-refractivity contribution in [2.24, 2.45) is 0 Å². The average Bonchev–Trinajstić information content (AvgIpc) is 2.53. The van der Waals surface area contributed by atoms with Crippen LogP contribution in [-0.4, -0.2) is 28.8 Å². The predicted molar refractivity (Wildman–Crippen MR) is 77.3 cm³/mol. The lowest BCUT2D eigenvalue weighted by molar-refractivity contribution is -0.186. The van der Waals surface area contributed by atoms with Gasteiger partial charge in [-0.2, -0.15) is 0 Å². The van der Waals surface area contributed by atoms with Gasteiger partial charge < -0.3 is 9.72 Å². The van der Waals surface area contributed by atoms with Crippen LogP contribution in [0.4, 0.5) is 0 Å². The van der Waals surface area contributed by atoms with Crippen LogP contribution in [0.3, 0.4) is 0 Å². The van der Waals surface area contributed by atoms with E-state index in [1.54, 1.807) is 0 Å². The maximum atomic E-state index is 12.0. The molecule has 0 spiro atoms. The summed E-state index contributed by atoms with van der Waals surface area (Å²) >= 11 is 0. The maximum Gasteiger partial charge on any atom is 0.326 e. The summed E-state index contributed by atoms with van der Waals surface area (Å²) < 4.78 is 5.34. The highest BCUT2D eigenvalue weighted by molar-refractivity contribution is 5.97. The number of aromatic amines is 2. The third-order valence-corrected chi connectivity index (χ3v) is 3.42. The lowest BCUT2D eigenvalue weighted by atomic mass is 10.1. The molecule has 1 aliphatic rings. The molecule has 0 bridgehead atoms. The number of ether oxygens (including phenoxy) is 1. The number of hydrogen-bond acceptors (Lipinski definition) is 5. The first-order valence-electron chi connectivity index (χ1n) is 6.97. The number of aromatic nitrogens is 2. The molecule has 1 amide bonds. The molecule has 1 saturated heterocycles. The van der Waals surface area contributed by atoms with Gasteiger partial charge in [0.25, 0.3) is 11.5 Å². The molecule has 2 heterocycles. The van der Waals surface area contributed by atoms with Gasteiger partial charge in [-0.3, -0.25) is 14.6 Å². The van der Waals surface area contributed by atoms with Gasteiger partial charge in [-0.25, -0.2) is 15.1 Å². The van der Waals surface area contributed by atoms with Gasteiger partial charge in [-0.15, -0.1) is 0 Å². The van der Waals surface area contributed by atoms with E-state index in [0.717, 1.165) is 19.3 Å². The van der Waals surface area contributed by atoms with Gasteiger partial charge in [0.1, 0.15) is 0 Å². The zero-order valence-corrected chi connectivity index (χ0v) is 11.7. The number of benzene rings is 1. The summed E-state index contributed by atoms with van der Waals surface area (Å²) in [6.45, 7) is 0.612. The molecule has 22 heavy (non-hydrogen) atoms. The Bertz CT molecular complexity index is 804. The predicted octanol–water partition coefficient (Wildman–Crippen LogP) is 0.404. The van der Waals surface area contributed by atoms with Gasteiger partial charge in [0, 0.05) is 18.6 Å². The molecule has 3 N–H and O–H groups in total. The molecule has 8 heteroatoms. The van der Waals surface area contributed by atoms with E-state index >= 15 is 0 Å². The number of nitrogens with one attached hydrogen (secondary N) is 3. The molecule has 1 aliphatic heterocycles. The van der Waals surface area contributed by atoms with Crippen LogP contribution in [0.2, 0.25) is 0 Å². The number of carbonyl (C=O) groups is 1. The lowest BCUT2D eigenvalue weighted by Gasteiger charge is -2.22. The van der Waals surface area contributed by atoms with E-state index < -0.39 is 23.4 Å². The van der Waals surface area contributed by atoms with Crippen LogP contribution in [0.1, 0.15) is 29.6 Å². The fourth-order valence-electron chi connectivity index (χ4n) is 2.29. The first-order chi connectivity index (χ1) is 10.6. The van der Waals surface area contributed by atoms with Crippen molar-refractivity contribution >= 4 is 16.8 Å². The van der Waals surface area contributed by atoms with E-state index in [9.17, 15) is 14.4 Å². The van der Waals surface area contributed by atoms with Gasteiger partial charge in [0.15, 0.2) is 6.29 Å². The molecule has 0 aliphatic carbocycles. The van der Waals surface area contributed by atoms with E-state index in [1.165, 1.54) is 18.2 Å². The molecular formula is C14H15N3O5. The molecule has 1 aromatic carbocycles. The second kappa shape index (κ2) is 6.12. The largest absolute Gasteiger partial charge is 0.350 e. The van der Waals surface area contributed by atoms with Crippen LogP contribution in [0.5, 0.6) is 0 Å². The van der Waals surface area contributed by atoms with E-state index in [1.807, 2.05) is 0 Å². The Labute approximate surface area is 124 Å². The third kappa shape index (κ3) is 3.07. The van der Waals surface area contributed by atoms with Crippen molar-refractivity contribution in [2.75, 3.05) is 6.61 Å². The van der Waals surface area contributed by atoms with Crippen LogP contribution in [0, 0.1) is 0 Å². The highest BCUT2D eigenvalue weighted by Gasteiger charge is 2.16. The third-order valence-electron chi connectivity index (χ3n) is 3.42. The van der Waals surface area contributed by atoms with Gasteiger partial charge in [-0.1, -0.05) is 0 Å². The second-order valence-electron chi connectivity index (χ2n) is 5.01. The molecule has 3 rings (SSSR count). The summed E-state index contributed by atoms with van der Waals surface area (Å²) in [5, 5.41) is 0.299. The molecule has 1 fully saturated rings. The zero-order chi connectivity index (χ0) is 15.5. The number of amides is 1. The van der Waals surface area contributed by atoms with Gasteiger partial charge >= 0.3 is 5.69 Å². The summed E-state index contributed by atoms with van der Waals surface area (Å²) in [6, 6.07) is 4.37. The van der Waals surface area contributed by atoms with Gasteiger partial charge in [0.2, 0.25) is 0 Å². The highest BCUT2D eigenvalue weighted by Crippen LogP contribution is 2.13. The Morgan fingerprint density at radius 2 is 2.14 bits per heavy atom. The number of hydrogen-bond donors (Lipinski definition) is 3. The van der Waals surface area contributed by atoms with E-state index in [2.05, 4.69) is 15.4 Å². The Morgan fingerprint density at radius 3 is 2.91 bits per heavy atom. The smallest absolute Gasteiger partial charge is 0.326 e.